The Morgan fingerprint density at radius 2 is 1.77 bits per heavy atom. The number of aryl methyl sites for hydroxylation is 3. The first-order valence-corrected chi connectivity index (χ1v) is 12.0. The molecule has 5 rings (SSSR count). The SMILES string of the molecule is CCc1[nH]n(-c2ccccc2)c(=O)c1C1=C([n+]2cc(C)cc(C)c2)C(=O)N(C[C@H]2CCCO2)C1=O. The number of ether oxygens (including phenoxy) is 1. The monoisotopic (exact) mass is 473 g/mol. The van der Waals surface area contributed by atoms with E-state index in [1.54, 1.807) is 4.57 Å². The van der Waals surface area contributed by atoms with Crippen LogP contribution in [0.3, 0.4) is 0 Å². The van der Waals surface area contributed by atoms with Gasteiger partial charge in [0.2, 0.25) is 0 Å². The maximum absolute atomic E-state index is 13.8. The molecule has 8 heteroatoms. The molecule has 180 valence electrons. The Morgan fingerprint density at radius 3 is 2.40 bits per heavy atom. The number of hydrogen-bond acceptors (Lipinski definition) is 4. The summed E-state index contributed by atoms with van der Waals surface area (Å²) in [7, 11) is 0. The zero-order valence-electron chi connectivity index (χ0n) is 20.2. The number of carbonyl (C=O) groups is 2. The predicted molar refractivity (Wildman–Crippen MR) is 131 cm³/mol. The molecule has 1 saturated heterocycles. The van der Waals surface area contributed by atoms with Crippen LogP contribution in [0.4, 0.5) is 0 Å². The highest BCUT2D eigenvalue weighted by Crippen LogP contribution is 2.31. The van der Waals surface area contributed by atoms with Gasteiger partial charge in [-0.25, -0.2) is 4.68 Å². The molecule has 35 heavy (non-hydrogen) atoms. The number of pyridine rings is 1. The number of carbonyl (C=O) groups excluding carboxylic acids is 2. The second-order valence-corrected chi connectivity index (χ2v) is 9.17. The van der Waals surface area contributed by atoms with Gasteiger partial charge in [0.15, 0.2) is 12.4 Å². The van der Waals surface area contributed by atoms with Crippen molar-refractivity contribution in [3.05, 3.63) is 81.5 Å². The van der Waals surface area contributed by atoms with E-state index >= 15 is 0 Å². The van der Waals surface area contributed by atoms with Crippen LogP contribution < -0.4 is 10.1 Å². The van der Waals surface area contributed by atoms with Crippen molar-refractivity contribution in [2.45, 2.75) is 46.1 Å². The number of benzene rings is 1. The van der Waals surface area contributed by atoms with Crippen LogP contribution in [0.2, 0.25) is 0 Å². The van der Waals surface area contributed by atoms with E-state index in [0.29, 0.717) is 24.4 Å². The fourth-order valence-electron chi connectivity index (χ4n) is 4.98. The van der Waals surface area contributed by atoms with Gasteiger partial charge in [0.1, 0.15) is 5.57 Å². The molecule has 4 heterocycles. The number of aromatic amines is 1. The summed E-state index contributed by atoms with van der Waals surface area (Å²) in [6.45, 7) is 6.59. The molecule has 0 unspecified atom stereocenters. The molecule has 2 amide bonds. The molecule has 8 nitrogen and oxygen atoms in total. The zero-order valence-corrected chi connectivity index (χ0v) is 20.2. The lowest BCUT2D eigenvalue weighted by molar-refractivity contribution is -0.577. The van der Waals surface area contributed by atoms with Crippen LogP contribution in [0.25, 0.3) is 17.0 Å². The van der Waals surface area contributed by atoms with E-state index in [9.17, 15) is 14.4 Å². The molecule has 0 saturated carbocycles. The van der Waals surface area contributed by atoms with Crippen LogP contribution in [0, 0.1) is 13.8 Å². The van der Waals surface area contributed by atoms with Crippen molar-refractivity contribution < 1.29 is 18.9 Å². The van der Waals surface area contributed by atoms with Gasteiger partial charge in [-0.2, -0.15) is 4.57 Å². The number of nitrogens with zero attached hydrogens (tertiary/aromatic N) is 3. The maximum Gasteiger partial charge on any atom is 0.327 e. The Kier molecular flexibility index (Phi) is 5.98. The number of H-pyrrole nitrogens is 1. The van der Waals surface area contributed by atoms with Gasteiger partial charge in [-0.15, -0.1) is 0 Å². The third kappa shape index (κ3) is 4.04. The first-order chi connectivity index (χ1) is 16.9. The van der Waals surface area contributed by atoms with Gasteiger partial charge < -0.3 is 4.74 Å². The quantitative estimate of drug-likeness (QED) is 0.440. The normalized spacial score (nSPS) is 18.3. The summed E-state index contributed by atoms with van der Waals surface area (Å²) < 4.78 is 8.84. The number of imide groups is 1. The average molecular weight is 474 g/mol. The highest BCUT2D eigenvalue weighted by molar-refractivity contribution is 6.44. The lowest BCUT2D eigenvalue weighted by atomic mass is 10.0. The van der Waals surface area contributed by atoms with Gasteiger partial charge in [-0.3, -0.25) is 24.4 Å². The molecular weight excluding hydrogens is 444 g/mol. The topological polar surface area (TPSA) is 88.3 Å². The molecule has 1 fully saturated rings. The standard InChI is InChI=1S/C27H28N4O4/c1-4-21-22(26(33)31(28-21)19-9-6-5-7-10-19)23-24(29-14-17(2)13-18(3)15-29)27(34)30(25(23)32)16-20-11-8-12-35-20/h5-7,9-10,13-15,20H,4,8,11-12,16H2,1-3H3/p+1/t20-/m1/s1. The van der Waals surface area contributed by atoms with Gasteiger partial charge >= 0.3 is 5.91 Å². The second-order valence-electron chi connectivity index (χ2n) is 9.17. The van der Waals surface area contributed by atoms with Crippen molar-refractivity contribution >= 4 is 23.1 Å². The summed E-state index contributed by atoms with van der Waals surface area (Å²) >= 11 is 0. The molecule has 0 bridgehead atoms. The first-order valence-electron chi connectivity index (χ1n) is 12.0. The molecule has 1 N–H and O–H groups in total. The van der Waals surface area contributed by atoms with Crippen LogP contribution in [0.5, 0.6) is 0 Å². The third-order valence-corrected chi connectivity index (χ3v) is 6.54. The Balaban J connectivity index is 1.72. The Hall–Kier alpha value is -3.78. The summed E-state index contributed by atoms with van der Waals surface area (Å²) in [6.07, 6.45) is 5.63. The Morgan fingerprint density at radius 1 is 1.06 bits per heavy atom. The van der Waals surface area contributed by atoms with E-state index in [1.807, 2.05) is 69.6 Å². The summed E-state index contributed by atoms with van der Waals surface area (Å²) in [5.41, 5.74) is 3.38. The molecule has 0 radical (unpaired) electrons. The number of aromatic nitrogens is 3. The van der Waals surface area contributed by atoms with E-state index in [4.69, 9.17) is 4.74 Å². The minimum Gasteiger partial charge on any atom is -0.376 e. The van der Waals surface area contributed by atoms with Gasteiger partial charge in [-0.1, -0.05) is 25.1 Å². The minimum atomic E-state index is -0.460. The third-order valence-electron chi connectivity index (χ3n) is 6.54. The fraction of sp³-hybridized carbons (Fsp3) is 0.333. The van der Waals surface area contributed by atoms with Crippen molar-refractivity contribution in [1.82, 2.24) is 14.7 Å². The smallest absolute Gasteiger partial charge is 0.327 e. The van der Waals surface area contributed by atoms with Gasteiger partial charge in [0, 0.05) is 23.4 Å². The van der Waals surface area contributed by atoms with Crippen LogP contribution in [-0.4, -0.2) is 45.8 Å². The number of rotatable bonds is 6. The maximum atomic E-state index is 13.8. The predicted octanol–water partition coefficient (Wildman–Crippen LogP) is 2.55. The van der Waals surface area contributed by atoms with Crippen molar-refractivity contribution in [3.63, 3.8) is 0 Å². The number of hydrogen-bond donors (Lipinski definition) is 1. The zero-order chi connectivity index (χ0) is 24.7. The van der Waals surface area contributed by atoms with Crippen molar-refractivity contribution in [1.29, 1.82) is 0 Å². The molecule has 2 aliphatic rings. The van der Waals surface area contributed by atoms with Crippen LogP contribution >= 0.6 is 0 Å². The van der Waals surface area contributed by atoms with Crippen LogP contribution in [0.1, 0.15) is 42.1 Å². The Labute approximate surface area is 203 Å². The number of para-hydroxylation sites is 1. The molecule has 0 aliphatic carbocycles. The summed E-state index contributed by atoms with van der Waals surface area (Å²) in [5.74, 6) is -0.873. The highest BCUT2D eigenvalue weighted by Gasteiger charge is 2.48. The minimum absolute atomic E-state index is 0.135. The highest BCUT2D eigenvalue weighted by atomic mass is 16.5. The fourth-order valence-corrected chi connectivity index (χ4v) is 4.98. The number of amides is 2. The largest absolute Gasteiger partial charge is 0.376 e. The van der Waals surface area contributed by atoms with E-state index in [2.05, 4.69) is 5.10 Å². The van der Waals surface area contributed by atoms with E-state index in [1.165, 1.54) is 9.58 Å². The van der Waals surface area contributed by atoms with E-state index in [0.717, 1.165) is 24.0 Å². The van der Waals surface area contributed by atoms with Gasteiger partial charge in [0.25, 0.3) is 17.2 Å². The molecule has 2 aromatic heterocycles. The molecular formula is C27H29N4O4+. The summed E-state index contributed by atoms with van der Waals surface area (Å²) in [6, 6.07) is 11.2. The second kappa shape index (κ2) is 9.11. The first kappa shape index (κ1) is 23.0. The van der Waals surface area contributed by atoms with Crippen LogP contribution in [0.15, 0.2) is 53.6 Å². The molecule has 3 aromatic rings. The summed E-state index contributed by atoms with van der Waals surface area (Å²) in [4.78, 5) is 42.6. The van der Waals surface area contributed by atoms with E-state index < -0.39 is 11.8 Å². The van der Waals surface area contributed by atoms with E-state index in [-0.39, 0.29) is 35.0 Å². The molecule has 2 aliphatic heterocycles. The lowest BCUT2D eigenvalue weighted by Crippen LogP contribution is -2.42. The molecule has 1 aromatic carbocycles. The molecule has 1 atom stereocenters. The van der Waals surface area contributed by atoms with Crippen LogP contribution in [-0.2, 0) is 20.7 Å². The lowest BCUT2D eigenvalue weighted by Gasteiger charge is -2.18. The van der Waals surface area contributed by atoms with Gasteiger partial charge in [-0.05, 0) is 51.3 Å². The molecule has 0 spiro atoms. The van der Waals surface area contributed by atoms with Crippen molar-refractivity contribution in [2.24, 2.45) is 0 Å². The van der Waals surface area contributed by atoms with Crippen molar-refractivity contribution in [2.75, 3.05) is 13.2 Å². The van der Waals surface area contributed by atoms with Gasteiger partial charge in [0.05, 0.1) is 23.9 Å². The summed E-state index contributed by atoms with van der Waals surface area (Å²) in [5, 5.41) is 3.17. The Bertz CT molecular complexity index is 1370. The average Bonchev–Trinajstić information content (AvgIpc) is 3.52. The number of nitrogens with one attached hydrogen (secondary N) is 1. The van der Waals surface area contributed by atoms with Crippen molar-refractivity contribution in [3.8, 4) is 5.69 Å².